The molecule has 2 rings (SSSR count). The monoisotopic (exact) mass is 415 g/mol. The lowest BCUT2D eigenvalue weighted by Crippen LogP contribution is -2.52. The van der Waals surface area contributed by atoms with Crippen molar-refractivity contribution in [2.24, 2.45) is 0 Å². The van der Waals surface area contributed by atoms with Crippen molar-refractivity contribution in [3.63, 3.8) is 0 Å². The van der Waals surface area contributed by atoms with Crippen molar-refractivity contribution in [2.75, 3.05) is 6.61 Å². The van der Waals surface area contributed by atoms with Crippen molar-refractivity contribution in [1.29, 1.82) is 0 Å². The summed E-state index contributed by atoms with van der Waals surface area (Å²) in [7, 11) is 3.50. The predicted molar refractivity (Wildman–Crippen MR) is 97.3 cm³/mol. The summed E-state index contributed by atoms with van der Waals surface area (Å²) in [5, 5.41) is -1.08. The molecule has 1 aliphatic heterocycles. The lowest BCUT2D eigenvalue weighted by atomic mass is 10.1. The fourth-order valence-corrected chi connectivity index (χ4v) is 3.09. The van der Waals surface area contributed by atoms with E-state index < -0.39 is 22.4 Å². The van der Waals surface area contributed by atoms with E-state index in [4.69, 9.17) is 42.1 Å². The standard InChI is InChI=1S/C17H17Cl2O6Si/c1-2-5-11-6-7-12(24-15(18)20)13(10-11)23-14(25-16(19)21)17(26)8-3-4-9-22-17/h2,6-7,10,14H,1,3-5,8-9H2. The van der Waals surface area contributed by atoms with Crippen LogP contribution in [0.2, 0.25) is 0 Å². The molecule has 1 saturated heterocycles. The average molecular weight is 416 g/mol. The van der Waals surface area contributed by atoms with Gasteiger partial charge in [0.25, 0.3) is 6.29 Å². The van der Waals surface area contributed by atoms with Gasteiger partial charge in [0.2, 0.25) is 0 Å². The van der Waals surface area contributed by atoms with Gasteiger partial charge in [0.1, 0.15) is 5.22 Å². The van der Waals surface area contributed by atoms with Crippen LogP contribution in [0.15, 0.2) is 30.9 Å². The predicted octanol–water partition coefficient (Wildman–Crippen LogP) is 4.30. The molecule has 26 heavy (non-hydrogen) atoms. The summed E-state index contributed by atoms with van der Waals surface area (Å²) in [6.07, 6.45) is 3.28. The molecule has 0 amide bonds. The van der Waals surface area contributed by atoms with E-state index in [9.17, 15) is 9.59 Å². The first-order valence-corrected chi connectivity index (χ1v) is 9.12. The van der Waals surface area contributed by atoms with Crippen LogP contribution in [0, 0.1) is 0 Å². The van der Waals surface area contributed by atoms with Gasteiger partial charge >= 0.3 is 10.9 Å². The third-order valence-electron chi connectivity index (χ3n) is 3.69. The number of carbonyl (C=O) groups excluding carboxylic acids is 2. The average Bonchev–Trinajstić information content (AvgIpc) is 2.57. The maximum absolute atomic E-state index is 11.3. The second-order valence-corrected chi connectivity index (χ2v) is 7.08. The summed E-state index contributed by atoms with van der Waals surface area (Å²) in [5.74, 6) is 0.215. The number of ether oxygens (including phenoxy) is 4. The molecule has 3 radical (unpaired) electrons. The molecular formula is C17H17Cl2O6Si. The maximum Gasteiger partial charge on any atom is 0.409 e. The highest BCUT2D eigenvalue weighted by molar-refractivity contribution is 6.61. The zero-order valence-electron chi connectivity index (χ0n) is 13.8. The smallest absolute Gasteiger partial charge is 0.409 e. The summed E-state index contributed by atoms with van der Waals surface area (Å²) < 4.78 is 21.6. The van der Waals surface area contributed by atoms with Crippen LogP contribution >= 0.6 is 23.2 Å². The Labute approximate surface area is 164 Å². The minimum Gasteiger partial charge on any atom is -0.448 e. The normalized spacial score (nSPS) is 20.7. The molecular weight excluding hydrogens is 399 g/mol. The van der Waals surface area contributed by atoms with E-state index >= 15 is 0 Å². The SMILES string of the molecule is C=CCc1ccc(OC(=O)Cl)c(OC(OC(=O)Cl)C2([Si])CCCCO2)c1. The first kappa shape index (κ1) is 20.8. The van der Waals surface area contributed by atoms with E-state index in [1.807, 2.05) is 0 Å². The summed E-state index contributed by atoms with van der Waals surface area (Å²) in [6, 6.07) is 4.88. The van der Waals surface area contributed by atoms with E-state index in [0.717, 1.165) is 18.4 Å². The molecule has 2 unspecified atom stereocenters. The van der Waals surface area contributed by atoms with Gasteiger partial charge in [0.15, 0.2) is 11.5 Å². The Morgan fingerprint density at radius 1 is 1.31 bits per heavy atom. The molecule has 139 valence electrons. The van der Waals surface area contributed by atoms with Gasteiger partial charge in [-0.05, 0) is 43.4 Å². The topological polar surface area (TPSA) is 71.1 Å². The first-order valence-electron chi connectivity index (χ1n) is 7.87. The highest BCUT2D eigenvalue weighted by Gasteiger charge is 2.42. The van der Waals surface area contributed by atoms with Gasteiger partial charge < -0.3 is 18.9 Å². The van der Waals surface area contributed by atoms with E-state index in [2.05, 4.69) is 16.8 Å². The number of hydrogen-bond donors (Lipinski definition) is 0. The Bertz CT molecular complexity index is 675. The third-order valence-corrected chi connectivity index (χ3v) is 4.49. The fraction of sp³-hybridized carbons (Fsp3) is 0.412. The lowest BCUT2D eigenvalue weighted by Gasteiger charge is -2.39. The molecule has 0 saturated carbocycles. The Kier molecular flexibility index (Phi) is 7.51. The summed E-state index contributed by atoms with van der Waals surface area (Å²) in [6.45, 7) is 4.14. The van der Waals surface area contributed by atoms with Crippen molar-refractivity contribution in [1.82, 2.24) is 0 Å². The van der Waals surface area contributed by atoms with Crippen LogP contribution < -0.4 is 9.47 Å². The van der Waals surface area contributed by atoms with Gasteiger partial charge in [-0.15, -0.1) is 6.58 Å². The van der Waals surface area contributed by atoms with Crippen LogP contribution in [0.5, 0.6) is 11.5 Å². The molecule has 0 aliphatic carbocycles. The van der Waals surface area contributed by atoms with Gasteiger partial charge in [0, 0.05) is 29.8 Å². The van der Waals surface area contributed by atoms with Crippen LogP contribution in [-0.4, -0.2) is 39.2 Å². The van der Waals surface area contributed by atoms with Gasteiger partial charge in [-0.25, -0.2) is 9.59 Å². The minimum atomic E-state index is -1.21. The Morgan fingerprint density at radius 2 is 2.08 bits per heavy atom. The van der Waals surface area contributed by atoms with Crippen LogP contribution in [0.1, 0.15) is 24.8 Å². The number of hydrogen-bond acceptors (Lipinski definition) is 6. The van der Waals surface area contributed by atoms with Crippen molar-refractivity contribution >= 4 is 44.3 Å². The molecule has 6 nitrogen and oxygen atoms in total. The molecule has 9 heteroatoms. The number of benzene rings is 1. The number of halogens is 2. The summed E-state index contributed by atoms with van der Waals surface area (Å²) >= 11 is 10.7. The molecule has 0 bridgehead atoms. The minimum absolute atomic E-state index is 0.0690. The molecule has 0 spiro atoms. The zero-order valence-corrected chi connectivity index (χ0v) is 16.3. The van der Waals surface area contributed by atoms with E-state index in [1.165, 1.54) is 6.07 Å². The first-order chi connectivity index (χ1) is 12.3. The van der Waals surface area contributed by atoms with Crippen LogP contribution in [0.3, 0.4) is 0 Å². The fourth-order valence-electron chi connectivity index (χ4n) is 2.52. The van der Waals surface area contributed by atoms with Crippen molar-refractivity contribution < 1.29 is 28.5 Å². The molecule has 0 N–H and O–H groups in total. The summed E-state index contributed by atoms with van der Waals surface area (Å²) in [4.78, 5) is 22.5. The van der Waals surface area contributed by atoms with Crippen molar-refractivity contribution in [3.8, 4) is 11.5 Å². The molecule has 1 fully saturated rings. The van der Waals surface area contributed by atoms with Gasteiger partial charge in [-0.3, -0.25) is 0 Å². The zero-order chi connectivity index (χ0) is 19.2. The number of carbonyl (C=O) groups is 2. The molecule has 2 atom stereocenters. The Hall–Kier alpha value is -1.54. The number of allylic oxidation sites excluding steroid dienone is 1. The van der Waals surface area contributed by atoms with Gasteiger partial charge in [0.05, 0.1) is 10.2 Å². The molecule has 1 aliphatic rings. The molecule has 1 aromatic rings. The molecule has 0 aromatic heterocycles. The summed E-state index contributed by atoms with van der Waals surface area (Å²) in [5.41, 5.74) is -1.24. The van der Waals surface area contributed by atoms with E-state index in [1.54, 1.807) is 18.2 Å². The largest absolute Gasteiger partial charge is 0.448 e. The Balaban J connectivity index is 2.34. The second kappa shape index (κ2) is 9.41. The van der Waals surface area contributed by atoms with Crippen LogP contribution in [-0.2, 0) is 15.9 Å². The highest BCUT2D eigenvalue weighted by Crippen LogP contribution is 2.35. The molecule has 1 heterocycles. The van der Waals surface area contributed by atoms with E-state index in [-0.39, 0.29) is 11.5 Å². The molecule has 1 aromatic carbocycles. The Morgan fingerprint density at radius 3 is 2.65 bits per heavy atom. The highest BCUT2D eigenvalue weighted by atomic mass is 35.5. The maximum atomic E-state index is 11.3. The second-order valence-electron chi connectivity index (χ2n) is 5.61. The number of rotatable bonds is 7. The van der Waals surface area contributed by atoms with Gasteiger partial charge in [-0.1, -0.05) is 12.1 Å². The quantitative estimate of drug-likeness (QED) is 0.286. The lowest BCUT2D eigenvalue weighted by molar-refractivity contribution is -0.166. The van der Waals surface area contributed by atoms with Gasteiger partial charge in [-0.2, -0.15) is 0 Å². The van der Waals surface area contributed by atoms with Crippen LogP contribution in [0.25, 0.3) is 0 Å². The van der Waals surface area contributed by atoms with E-state index in [0.29, 0.717) is 19.4 Å². The van der Waals surface area contributed by atoms with Crippen molar-refractivity contribution in [2.45, 2.75) is 37.2 Å². The van der Waals surface area contributed by atoms with Crippen molar-refractivity contribution in [3.05, 3.63) is 36.4 Å². The third kappa shape index (κ3) is 5.74. The van der Waals surface area contributed by atoms with Crippen LogP contribution in [0.4, 0.5) is 9.59 Å².